The first-order valence-corrected chi connectivity index (χ1v) is 6.66. The van der Waals surface area contributed by atoms with Crippen molar-refractivity contribution in [2.24, 2.45) is 5.92 Å². The third-order valence-electron chi connectivity index (χ3n) is 3.61. The number of nitrogens with one attached hydrogen (secondary N) is 1. The Kier molecular flexibility index (Phi) is 4.96. The number of pyridine rings is 1. The summed E-state index contributed by atoms with van der Waals surface area (Å²) < 4.78 is 5.22. The van der Waals surface area contributed by atoms with E-state index in [0.717, 1.165) is 44.3 Å². The quantitative estimate of drug-likeness (QED) is 0.835. The van der Waals surface area contributed by atoms with Crippen LogP contribution in [-0.2, 0) is 6.54 Å². The van der Waals surface area contributed by atoms with Gasteiger partial charge in [0.05, 0.1) is 13.2 Å². The molecule has 0 saturated heterocycles. The Labute approximate surface area is 108 Å². The van der Waals surface area contributed by atoms with Gasteiger partial charge in [-0.1, -0.05) is 6.07 Å². The summed E-state index contributed by atoms with van der Waals surface area (Å²) in [6.07, 6.45) is 5.81. The summed E-state index contributed by atoms with van der Waals surface area (Å²) in [6.45, 7) is 1.79. The highest BCUT2D eigenvalue weighted by Crippen LogP contribution is 2.23. The molecular formula is C14H22N2O2. The van der Waals surface area contributed by atoms with E-state index >= 15 is 0 Å². The average molecular weight is 250 g/mol. The largest absolute Gasteiger partial charge is 0.481 e. The standard InChI is InChI=1S/C14H22N2O2/c1-18-14-12(3-2-8-16-14)10-15-9-11-4-6-13(17)7-5-11/h2-3,8,11,13,15,17H,4-7,9-10H2,1H3. The summed E-state index contributed by atoms with van der Waals surface area (Å²) in [6, 6.07) is 3.96. The Balaban J connectivity index is 1.75. The van der Waals surface area contributed by atoms with Crippen molar-refractivity contribution >= 4 is 0 Å². The molecule has 0 aromatic carbocycles. The molecule has 0 amide bonds. The average Bonchev–Trinajstić information content (AvgIpc) is 2.41. The third kappa shape index (κ3) is 3.68. The lowest BCUT2D eigenvalue weighted by Crippen LogP contribution is -2.27. The highest BCUT2D eigenvalue weighted by atomic mass is 16.5. The molecule has 0 atom stereocenters. The summed E-state index contributed by atoms with van der Waals surface area (Å²) in [5, 5.41) is 12.9. The van der Waals surface area contributed by atoms with Gasteiger partial charge in [-0.25, -0.2) is 4.98 Å². The Morgan fingerprint density at radius 3 is 2.89 bits per heavy atom. The molecule has 18 heavy (non-hydrogen) atoms. The van der Waals surface area contributed by atoms with Crippen molar-refractivity contribution in [3.05, 3.63) is 23.9 Å². The van der Waals surface area contributed by atoms with E-state index < -0.39 is 0 Å². The van der Waals surface area contributed by atoms with Crippen LogP contribution in [0.2, 0.25) is 0 Å². The number of rotatable bonds is 5. The predicted molar refractivity (Wildman–Crippen MR) is 70.5 cm³/mol. The van der Waals surface area contributed by atoms with E-state index in [0.29, 0.717) is 11.8 Å². The molecule has 100 valence electrons. The molecule has 1 heterocycles. The molecule has 4 nitrogen and oxygen atoms in total. The Hall–Kier alpha value is -1.13. The molecule has 0 aliphatic heterocycles. The van der Waals surface area contributed by atoms with Crippen LogP contribution in [0, 0.1) is 5.92 Å². The van der Waals surface area contributed by atoms with E-state index in [9.17, 15) is 5.11 Å². The van der Waals surface area contributed by atoms with Gasteiger partial charge in [0, 0.05) is 18.3 Å². The summed E-state index contributed by atoms with van der Waals surface area (Å²) in [7, 11) is 1.65. The summed E-state index contributed by atoms with van der Waals surface area (Å²) in [5.41, 5.74) is 1.09. The Morgan fingerprint density at radius 1 is 1.39 bits per heavy atom. The van der Waals surface area contributed by atoms with E-state index in [-0.39, 0.29) is 6.10 Å². The molecule has 0 bridgehead atoms. The monoisotopic (exact) mass is 250 g/mol. The van der Waals surface area contributed by atoms with Crippen LogP contribution in [0.1, 0.15) is 31.2 Å². The fourth-order valence-corrected chi connectivity index (χ4v) is 2.50. The molecule has 0 radical (unpaired) electrons. The normalized spacial score (nSPS) is 23.9. The van der Waals surface area contributed by atoms with Crippen LogP contribution < -0.4 is 10.1 Å². The predicted octanol–water partition coefficient (Wildman–Crippen LogP) is 1.73. The van der Waals surface area contributed by atoms with Crippen LogP contribution >= 0.6 is 0 Å². The molecule has 0 unspecified atom stereocenters. The van der Waals surface area contributed by atoms with E-state index in [1.807, 2.05) is 12.1 Å². The van der Waals surface area contributed by atoms with E-state index in [2.05, 4.69) is 10.3 Å². The maximum absolute atomic E-state index is 9.45. The number of aliphatic hydroxyl groups excluding tert-OH is 1. The van der Waals surface area contributed by atoms with Crippen molar-refractivity contribution in [1.82, 2.24) is 10.3 Å². The number of nitrogens with zero attached hydrogens (tertiary/aromatic N) is 1. The van der Waals surface area contributed by atoms with Gasteiger partial charge < -0.3 is 15.2 Å². The number of hydrogen-bond acceptors (Lipinski definition) is 4. The molecule has 2 N–H and O–H groups in total. The third-order valence-corrected chi connectivity index (χ3v) is 3.61. The molecule has 1 aliphatic rings. The SMILES string of the molecule is COc1ncccc1CNCC1CCC(O)CC1. The van der Waals surface area contributed by atoms with E-state index in [1.165, 1.54) is 0 Å². The first-order valence-electron chi connectivity index (χ1n) is 6.66. The minimum Gasteiger partial charge on any atom is -0.481 e. The molecular weight excluding hydrogens is 228 g/mol. The lowest BCUT2D eigenvalue weighted by molar-refractivity contribution is 0.108. The minimum atomic E-state index is -0.0698. The van der Waals surface area contributed by atoms with Crippen LogP contribution in [0.25, 0.3) is 0 Å². The van der Waals surface area contributed by atoms with Gasteiger partial charge in [-0.05, 0) is 44.2 Å². The van der Waals surface area contributed by atoms with Crippen LogP contribution in [0.4, 0.5) is 0 Å². The number of methoxy groups -OCH3 is 1. The second-order valence-corrected chi connectivity index (χ2v) is 4.98. The zero-order chi connectivity index (χ0) is 12.8. The lowest BCUT2D eigenvalue weighted by Gasteiger charge is -2.25. The molecule has 0 spiro atoms. The van der Waals surface area contributed by atoms with Gasteiger partial charge in [0.15, 0.2) is 0 Å². The zero-order valence-electron chi connectivity index (χ0n) is 10.9. The maximum Gasteiger partial charge on any atom is 0.217 e. The molecule has 4 heteroatoms. The van der Waals surface area contributed by atoms with Crippen LogP contribution in [0.5, 0.6) is 5.88 Å². The van der Waals surface area contributed by atoms with Crippen LogP contribution in [0.15, 0.2) is 18.3 Å². The smallest absolute Gasteiger partial charge is 0.217 e. The fraction of sp³-hybridized carbons (Fsp3) is 0.643. The fourth-order valence-electron chi connectivity index (χ4n) is 2.50. The number of ether oxygens (including phenoxy) is 1. The molecule has 1 aromatic heterocycles. The van der Waals surface area contributed by atoms with Gasteiger partial charge in [0.25, 0.3) is 0 Å². The first-order chi connectivity index (χ1) is 8.79. The topological polar surface area (TPSA) is 54.4 Å². The first kappa shape index (κ1) is 13.3. The van der Waals surface area contributed by atoms with Crippen molar-refractivity contribution in [2.75, 3.05) is 13.7 Å². The summed E-state index contributed by atoms with van der Waals surface area (Å²) in [4.78, 5) is 4.18. The van der Waals surface area contributed by atoms with Crippen LogP contribution in [0.3, 0.4) is 0 Å². The van der Waals surface area contributed by atoms with E-state index in [1.54, 1.807) is 13.3 Å². The van der Waals surface area contributed by atoms with Gasteiger partial charge >= 0.3 is 0 Å². The number of aliphatic hydroxyl groups is 1. The van der Waals surface area contributed by atoms with Crippen LogP contribution in [-0.4, -0.2) is 29.8 Å². The van der Waals surface area contributed by atoms with Crippen molar-refractivity contribution in [1.29, 1.82) is 0 Å². The molecule has 1 fully saturated rings. The summed E-state index contributed by atoms with van der Waals surface area (Å²) >= 11 is 0. The van der Waals surface area contributed by atoms with Gasteiger partial charge in [-0.2, -0.15) is 0 Å². The summed E-state index contributed by atoms with van der Waals surface area (Å²) in [5.74, 6) is 1.39. The van der Waals surface area contributed by atoms with Gasteiger partial charge in [0.2, 0.25) is 5.88 Å². The molecule has 2 rings (SSSR count). The number of aromatic nitrogens is 1. The Bertz CT molecular complexity index is 363. The second-order valence-electron chi connectivity index (χ2n) is 4.98. The number of hydrogen-bond donors (Lipinski definition) is 2. The van der Waals surface area contributed by atoms with Crippen molar-refractivity contribution in [3.8, 4) is 5.88 Å². The van der Waals surface area contributed by atoms with Crippen molar-refractivity contribution in [3.63, 3.8) is 0 Å². The second kappa shape index (κ2) is 6.71. The molecule has 1 aromatic rings. The van der Waals surface area contributed by atoms with Gasteiger partial charge in [0.1, 0.15) is 0 Å². The highest BCUT2D eigenvalue weighted by Gasteiger charge is 2.18. The minimum absolute atomic E-state index is 0.0698. The van der Waals surface area contributed by atoms with Gasteiger partial charge in [-0.3, -0.25) is 0 Å². The van der Waals surface area contributed by atoms with E-state index in [4.69, 9.17) is 4.74 Å². The highest BCUT2D eigenvalue weighted by molar-refractivity contribution is 5.24. The molecule has 1 saturated carbocycles. The Morgan fingerprint density at radius 2 is 2.17 bits per heavy atom. The lowest BCUT2D eigenvalue weighted by atomic mass is 9.87. The van der Waals surface area contributed by atoms with Gasteiger partial charge in [-0.15, -0.1) is 0 Å². The van der Waals surface area contributed by atoms with Crippen molar-refractivity contribution < 1.29 is 9.84 Å². The van der Waals surface area contributed by atoms with Crippen molar-refractivity contribution in [2.45, 2.75) is 38.3 Å². The maximum atomic E-state index is 9.45. The molecule has 1 aliphatic carbocycles. The zero-order valence-corrected chi connectivity index (χ0v) is 10.9.